The van der Waals surface area contributed by atoms with Crippen LogP contribution in [0.1, 0.15) is 53.4 Å². The Balaban J connectivity index is 1.74. The molecular weight excluding hydrogens is 300 g/mol. The van der Waals surface area contributed by atoms with Gasteiger partial charge in [0, 0.05) is 25.2 Å². The van der Waals surface area contributed by atoms with Gasteiger partial charge in [0.25, 0.3) is 0 Å². The van der Waals surface area contributed by atoms with Crippen molar-refractivity contribution in [3.63, 3.8) is 0 Å². The maximum absolute atomic E-state index is 11.4. The molecule has 2 bridgehead atoms. The van der Waals surface area contributed by atoms with Crippen LogP contribution in [0.2, 0.25) is 0 Å². The summed E-state index contributed by atoms with van der Waals surface area (Å²) < 4.78 is 17.7. The van der Waals surface area contributed by atoms with E-state index in [1.54, 1.807) is 0 Å². The minimum absolute atomic E-state index is 0.0415. The first-order chi connectivity index (χ1) is 10.9. The Morgan fingerprint density at radius 2 is 1.91 bits per heavy atom. The first-order valence-corrected chi connectivity index (χ1v) is 8.73. The van der Waals surface area contributed by atoms with E-state index in [4.69, 9.17) is 24.0 Å². The van der Waals surface area contributed by atoms with Gasteiger partial charge in [0.15, 0.2) is 11.9 Å². The van der Waals surface area contributed by atoms with Gasteiger partial charge in [0.1, 0.15) is 0 Å². The Labute approximate surface area is 136 Å². The predicted octanol–water partition coefficient (Wildman–Crippen LogP) is 2.76. The van der Waals surface area contributed by atoms with Gasteiger partial charge in [-0.25, -0.2) is 9.78 Å². The third kappa shape index (κ3) is 2.18. The molecule has 0 aromatic rings. The van der Waals surface area contributed by atoms with Gasteiger partial charge < -0.3 is 14.2 Å². The zero-order valence-electron chi connectivity index (χ0n) is 14.2. The van der Waals surface area contributed by atoms with Crippen molar-refractivity contribution in [2.45, 2.75) is 77.3 Å². The number of hydrogen-bond donors (Lipinski definition) is 0. The van der Waals surface area contributed by atoms with Crippen LogP contribution in [0.3, 0.4) is 0 Å². The van der Waals surface area contributed by atoms with E-state index in [1.807, 2.05) is 6.92 Å². The molecule has 0 aromatic heterocycles. The van der Waals surface area contributed by atoms with Crippen LogP contribution < -0.4 is 0 Å². The first-order valence-electron chi connectivity index (χ1n) is 8.73. The molecule has 1 aliphatic carbocycles. The smallest absolute Gasteiger partial charge is 0.304 e. The summed E-state index contributed by atoms with van der Waals surface area (Å²) in [5.41, 5.74) is -0.594. The molecule has 130 valence electrons. The van der Waals surface area contributed by atoms with Crippen LogP contribution in [0.25, 0.3) is 0 Å². The summed E-state index contributed by atoms with van der Waals surface area (Å²) >= 11 is 0. The van der Waals surface area contributed by atoms with Crippen molar-refractivity contribution in [1.29, 1.82) is 0 Å². The summed E-state index contributed by atoms with van der Waals surface area (Å²) in [6, 6.07) is 0. The van der Waals surface area contributed by atoms with E-state index >= 15 is 0 Å². The van der Waals surface area contributed by atoms with Crippen molar-refractivity contribution in [3.05, 3.63) is 0 Å². The summed E-state index contributed by atoms with van der Waals surface area (Å²) in [4.78, 5) is 23.2. The third-order valence-corrected chi connectivity index (χ3v) is 6.38. The van der Waals surface area contributed by atoms with Crippen molar-refractivity contribution in [2.24, 2.45) is 23.7 Å². The summed E-state index contributed by atoms with van der Waals surface area (Å²) in [6.07, 6.45) is 2.78. The molecule has 5 aliphatic rings. The van der Waals surface area contributed by atoms with Crippen LogP contribution in [-0.4, -0.2) is 29.9 Å². The van der Waals surface area contributed by atoms with Crippen LogP contribution >= 0.6 is 0 Å². The van der Waals surface area contributed by atoms with E-state index in [9.17, 15) is 4.79 Å². The average molecular weight is 326 g/mol. The van der Waals surface area contributed by atoms with E-state index in [2.05, 4.69) is 13.8 Å². The number of hydrogen-bond acceptors (Lipinski definition) is 6. The molecule has 0 aromatic carbocycles. The van der Waals surface area contributed by atoms with Gasteiger partial charge in [0.05, 0.1) is 0 Å². The van der Waals surface area contributed by atoms with Gasteiger partial charge in [-0.3, -0.25) is 4.79 Å². The van der Waals surface area contributed by atoms with Gasteiger partial charge in [-0.15, -0.1) is 0 Å². The number of ether oxygens (including phenoxy) is 3. The van der Waals surface area contributed by atoms with E-state index in [0.717, 1.165) is 25.7 Å². The van der Waals surface area contributed by atoms with Crippen molar-refractivity contribution < 1.29 is 28.8 Å². The lowest BCUT2D eigenvalue weighted by atomic mass is 9.58. The zero-order valence-corrected chi connectivity index (χ0v) is 14.2. The Kier molecular flexibility index (Phi) is 3.54. The molecule has 8 atom stereocenters. The minimum atomic E-state index is -0.793. The van der Waals surface area contributed by atoms with Crippen LogP contribution in [0.4, 0.5) is 0 Å². The lowest BCUT2D eigenvalue weighted by Gasteiger charge is -2.59. The summed E-state index contributed by atoms with van der Waals surface area (Å²) in [5, 5.41) is 0. The SMILES string of the molecule is CC(=O)O[C@@H]1OC2O[C@@]3(C)CC[C@H]4[C@H](C)CC[C@@H]([C@H]1C)[C@@]24OO3. The Morgan fingerprint density at radius 3 is 2.65 bits per heavy atom. The monoisotopic (exact) mass is 326 g/mol. The Morgan fingerprint density at radius 1 is 1.13 bits per heavy atom. The summed E-state index contributed by atoms with van der Waals surface area (Å²) in [5.74, 6) is -0.0347. The average Bonchev–Trinajstić information content (AvgIpc) is 2.70. The first kappa shape index (κ1) is 15.8. The lowest BCUT2D eigenvalue weighted by Crippen LogP contribution is -2.70. The molecule has 6 heteroatoms. The molecule has 5 fully saturated rings. The minimum Gasteiger partial charge on any atom is -0.436 e. The number of esters is 1. The van der Waals surface area contributed by atoms with Crippen molar-refractivity contribution in [1.82, 2.24) is 0 Å². The maximum atomic E-state index is 11.4. The van der Waals surface area contributed by atoms with Gasteiger partial charge in [-0.05, 0) is 38.0 Å². The predicted molar refractivity (Wildman–Crippen MR) is 78.6 cm³/mol. The Bertz CT molecular complexity index is 509. The Hall–Kier alpha value is -0.690. The molecule has 5 rings (SSSR count). The summed E-state index contributed by atoms with van der Waals surface area (Å²) in [6.45, 7) is 7.64. The normalized spacial score (nSPS) is 55.0. The fourth-order valence-electron chi connectivity index (χ4n) is 5.17. The second-order valence-electron chi connectivity index (χ2n) is 7.88. The highest BCUT2D eigenvalue weighted by Gasteiger charge is 2.69. The number of carbonyl (C=O) groups excluding carboxylic acids is 1. The van der Waals surface area contributed by atoms with Crippen LogP contribution in [-0.2, 0) is 28.8 Å². The van der Waals surface area contributed by atoms with Crippen LogP contribution in [0, 0.1) is 23.7 Å². The molecule has 6 nitrogen and oxygen atoms in total. The largest absolute Gasteiger partial charge is 0.436 e. The highest BCUT2D eigenvalue weighted by Crippen LogP contribution is 2.60. The van der Waals surface area contributed by atoms with Crippen molar-refractivity contribution in [2.75, 3.05) is 0 Å². The molecule has 1 saturated carbocycles. The van der Waals surface area contributed by atoms with Crippen LogP contribution in [0.15, 0.2) is 0 Å². The molecule has 1 unspecified atom stereocenters. The molecule has 1 spiro atoms. The number of rotatable bonds is 1. The molecule has 0 N–H and O–H groups in total. The highest BCUT2D eigenvalue weighted by atomic mass is 17.3. The molecule has 4 saturated heterocycles. The molecule has 23 heavy (non-hydrogen) atoms. The molecular formula is C17H26O6. The van der Waals surface area contributed by atoms with Gasteiger partial charge in [0.2, 0.25) is 12.1 Å². The van der Waals surface area contributed by atoms with Gasteiger partial charge in [-0.1, -0.05) is 13.8 Å². The standard InChI is InChI=1S/C17H26O6/c1-9-5-6-13-10(2)14(19-11(3)18)20-15-17(13)12(9)7-8-16(4,21-15)22-23-17/h9-10,12-15H,5-8H2,1-4H3/t9-,10-,12+,13+,14-,15?,16-,17-/m1/s1. The van der Waals surface area contributed by atoms with E-state index in [0.29, 0.717) is 11.8 Å². The molecule has 4 heterocycles. The van der Waals surface area contributed by atoms with E-state index in [1.165, 1.54) is 6.92 Å². The maximum Gasteiger partial charge on any atom is 0.304 e. The van der Waals surface area contributed by atoms with Crippen molar-refractivity contribution in [3.8, 4) is 0 Å². The molecule has 0 amide bonds. The number of carbonyl (C=O) groups is 1. The second kappa shape index (κ2) is 5.15. The summed E-state index contributed by atoms with van der Waals surface area (Å²) in [7, 11) is 0. The lowest BCUT2D eigenvalue weighted by molar-refractivity contribution is -0.576. The molecule has 0 radical (unpaired) electrons. The van der Waals surface area contributed by atoms with E-state index < -0.39 is 24.0 Å². The zero-order chi connectivity index (χ0) is 16.4. The topological polar surface area (TPSA) is 63.2 Å². The van der Waals surface area contributed by atoms with Crippen molar-refractivity contribution >= 4 is 5.97 Å². The fraction of sp³-hybridized carbons (Fsp3) is 0.941. The van der Waals surface area contributed by atoms with E-state index in [-0.39, 0.29) is 17.8 Å². The quantitative estimate of drug-likeness (QED) is 0.545. The third-order valence-electron chi connectivity index (χ3n) is 6.38. The van der Waals surface area contributed by atoms with Crippen LogP contribution in [0.5, 0.6) is 0 Å². The highest BCUT2D eigenvalue weighted by molar-refractivity contribution is 5.66. The fourth-order valence-corrected chi connectivity index (χ4v) is 5.17. The van der Waals surface area contributed by atoms with Gasteiger partial charge in [-0.2, -0.15) is 0 Å². The second-order valence-corrected chi connectivity index (χ2v) is 7.88. The van der Waals surface area contributed by atoms with Gasteiger partial charge >= 0.3 is 5.97 Å². The number of fused-ring (bicyclic) bond motifs is 2. The molecule has 4 aliphatic heterocycles.